The number of anilines is 1. The Morgan fingerprint density at radius 2 is 2.12 bits per heavy atom. The Morgan fingerprint density at radius 1 is 1.29 bits per heavy atom. The van der Waals surface area contributed by atoms with Crippen LogP contribution in [0.15, 0.2) is 42.6 Å². The van der Waals surface area contributed by atoms with Crippen LogP contribution in [0.1, 0.15) is 18.4 Å². The van der Waals surface area contributed by atoms with Crippen LogP contribution >= 0.6 is 0 Å². The molecule has 118 valence electrons. The second-order valence-corrected chi connectivity index (χ2v) is 5.88. The highest BCUT2D eigenvalue weighted by atomic mass is 19.1. The zero-order valence-corrected chi connectivity index (χ0v) is 12.7. The summed E-state index contributed by atoms with van der Waals surface area (Å²) in [5.41, 5.74) is 2.15. The van der Waals surface area contributed by atoms with Crippen molar-refractivity contribution in [3.63, 3.8) is 0 Å². The summed E-state index contributed by atoms with van der Waals surface area (Å²) in [6, 6.07) is 11.5. The molecule has 4 rings (SSSR count). The molecule has 1 N–H and O–H groups in total. The molecule has 2 aromatic heterocycles. The number of benzene rings is 1. The lowest BCUT2D eigenvalue weighted by Gasteiger charge is -2.04. The van der Waals surface area contributed by atoms with E-state index in [1.165, 1.54) is 18.2 Å². The molecule has 1 amide bonds. The first-order valence-electron chi connectivity index (χ1n) is 7.64. The maximum Gasteiger partial charge on any atom is 0.228 e. The first-order valence-corrected chi connectivity index (χ1v) is 7.64. The van der Waals surface area contributed by atoms with Gasteiger partial charge in [0.25, 0.3) is 0 Å². The van der Waals surface area contributed by atoms with Crippen molar-refractivity contribution in [1.82, 2.24) is 9.61 Å². The summed E-state index contributed by atoms with van der Waals surface area (Å²) in [5, 5.41) is 16.1. The average molecular weight is 320 g/mol. The summed E-state index contributed by atoms with van der Waals surface area (Å²) in [5.74, 6) is 0.190. The molecule has 6 heteroatoms. The summed E-state index contributed by atoms with van der Waals surface area (Å²) >= 11 is 0. The summed E-state index contributed by atoms with van der Waals surface area (Å²) in [6.45, 7) is 0. The third kappa shape index (κ3) is 2.61. The van der Waals surface area contributed by atoms with Gasteiger partial charge in [0.15, 0.2) is 5.82 Å². The molecule has 0 radical (unpaired) electrons. The minimum atomic E-state index is -0.389. The van der Waals surface area contributed by atoms with Gasteiger partial charge >= 0.3 is 0 Å². The van der Waals surface area contributed by atoms with Gasteiger partial charge in [-0.15, -0.1) is 0 Å². The zero-order chi connectivity index (χ0) is 16.7. The van der Waals surface area contributed by atoms with Crippen LogP contribution in [-0.4, -0.2) is 15.5 Å². The van der Waals surface area contributed by atoms with E-state index in [0.29, 0.717) is 22.5 Å². The molecule has 0 spiro atoms. The lowest BCUT2D eigenvalue weighted by Crippen LogP contribution is -2.13. The van der Waals surface area contributed by atoms with E-state index in [2.05, 4.69) is 10.4 Å². The molecule has 0 atom stereocenters. The molecule has 24 heavy (non-hydrogen) atoms. The molecule has 1 aliphatic rings. The Kier molecular flexibility index (Phi) is 3.28. The topological polar surface area (TPSA) is 70.2 Å². The highest BCUT2D eigenvalue weighted by Crippen LogP contribution is 2.30. The summed E-state index contributed by atoms with van der Waals surface area (Å²) in [4.78, 5) is 11.8. The Balaban J connectivity index is 1.70. The Bertz CT molecular complexity index is 998. The molecular weight excluding hydrogens is 307 g/mol. The SMILES string of the molecule is N#Cc1ccc(F)c(-c2ccn3nc(NC(=O)C4CC4)cc3c2)c1. The van der Waals surface area contributed by atoms with Crippen LogP contribution in [0.2, 0.25) is 0 Å². The summed E-state index contributed by atoms with van der Waals surface area (Å²) in [6.07, 6.45) is 3.56. The van der Waals surface area contributed by atoms with Gasteiger partial charge in [-0.25, -0.2) is 8.91 Å². The molecule has 1 aliphatic carbocycles. The van der Waals surface area contributed by atoms with Crippen LogP contribution in [0.5, 0.6) is 0 Å². The fraction of sp³-hybridized carbons (Fsp3) is 0.167. The number of nitriles is 1. The molecule has 1 saturated carbocycles. The molecule has 5 nitrogen and oxygen atoms in total. The molecule has 0 bridgehead atoms. The zero-order valence-electron chi connectivity index (χ0n) is 12.7. The standard InChI is InChI=1S/C18H13FN4O/c19-16-4-1-11(10-20)7-15(16)13-5-6-23-14(8-13)9-17(22-23)21-18(24)12-2-3-12/h1,4-9,12H,2-3H2,(H,21,22,24). The molecular formula is C18H13FN4O. The number of aromatic nitrogens is 2. The van der Waals surface area contributed by atoms with Crippen LogP contribution in [0.4, 0.5) is 10.2 Å². The Hall–Kier alpha value is -3.20. The van der Waals surface area contributed by atoms with Gasteiger partial charge in [-0.05, 0) is 48.7 Å². The van der Waals surface area contributed by atoms with Crippen molar-refractivity contribution < 1.29 is 9.18 Å². The van der Waals surface area contributed by atoms with Crippen molar-refractivity contribution >= 4 is 17.2 Å². The highest BCUT2D eigenvalue weighted by Gasteiger charge is 2.30. The first kappa shape index (κ1) is 14.4. The summed E-state index contributed by atoms with van der Waals surface area (Å²) < 4.78 is 15.7. The maximum absolute atomic E-state index is 14.1. The van der Waals surface area contributed by atoms with Crippen LogP contribution < -0.4 is 5.32 Å². The third-order valence-electron chi connectivity index (χ3n) is 4.07. The van der Waals surface area contributed by atoms with Crippen molar-refractivity contribution in [2.45, 2.75) is 12.8 Å². The maximum atomic E-state index is 14.1. The summed E-state index contributed by atoms with van der Waals surface area (Å²) in [7, 11) is 0. The number of carbonyl (C=O) groups excluding carboxylic acids is 1. The quantitative estimate of drug-likeness (QED) is 0.804. The lowest BCUT2D eigenvalue weighted by atomic mass is 10.0. The van der Waals surface area contributed by atoms with E-state index in [4.69, 9.17) is 5.26 Å². The third-order valence-corrected chi connectivity index (χ3v) is 4.07. The average Bonchev–Trinajstić information content (AvgIpc) is 3.36. The van der Waals surface area contributed by atoms with Crippen LogP contribution in [0.3, 0.4) is 0 Å². The van der Waals surface area contributed by atoms with Crippen molar-refractivity contribution in [1.29, 1.82) is 5.26 Å². The van der Waals surface area contributed by atoms with Crippen molar-refractivity contribution in [2.75, 3.05) is 5.32 Å². The number of fused-ring (bicyclic) bond motifs is 1. The second kappa shape index (κ2) is 5.46. The fourth-order valence-electron chi connectivity index (χ4n) is 2.61. The fourth-order valence-corrected chi connectivity index (χ4v) is 2.61. The second-order valence-electron chi connectivity index (χ2n) is 5.88. The van der Waals surface area contributed by atoms with Crippen molar-refractivity contribution in [2.24, 2.45) is 5.92 Å². The molecule has 3 aromatic rings. The molecule has 0 aliphatic heterocycles. The first-order chi connectivity index (χ1) is 11.6. The number of nitrogens with zero attached hydrogens (tertiary/aromatic N) is 3. The number of pyridine rings is 1. The largest absolute Gasteiger partial charge is 0.309 e. The van der Waals surface area contributed by atoms with Gasteiger partial charge in [0.05, 0.1) is 17.1 Å². The minimum Gasteiger partial charge on any atom is -0.309 e. The van der Waals surface area contributed by atoms with Gasteiger partial charge < -0.3 is 5.32 Å². The number of amides is 1. The van der Waals surface area contributed by atoms with Gasteiger partial charge in [-0.3, -0.25) is 4.79 Å². The molecule has 1 aromatic carbocycles. The van der Waals surface area contributed by atoms with Crippen LogP contribution in [0, 0.1) is 23.1 Å². The van der Waals surface area contributed by atoms with Crippen LogP contribution in [-0.2, 0) is 4.79 Å². The van der Waals surface area contributed by atoms with Crippen molar-refractivity contribution in [3.05, 3.63) is 54.0 Å². The van der Waals surface area contributed by atoms with E-state index in [0.717, 1.165) is 18.4 Å². The molecule has 2 heterocycles. The number of nitrogens with one attached hydrogen (secondary N) is 1. The Morgan fingerprint density at radius 3 is 2.88 bits per heavy atom. The van der Waals surface area contributed by atoms with Gasteiger partial charge in [0.1, 0.15) is 5.82 Å². The van der Waals surface area contributed by atoms with Gasteiger partial charge in [0, 0.05) is 23.7 Å². The monoisotopic (exact) mass is 320 g/mol. The van der Waals surface area contributed by atoms with E-state index in [9.17, 15) is 9.18 Å². The number of hydrogen-bond donors (Lipinski definition) is 1. The lowest BCUT2D eigenvalue weighted by molar-refractivity contribution is -0.117. The molecule has 0 saturated heterocycles. The number of hydrogen-bond acceptors (Lipinski definition) is 3. The predicted octanol–water partition coefficient (Wildman–Crippen LogP) is 3.36. The van der Waals surface area contributed by atoms with Crippen molar-refractivity contribution in [3.8, 4) is 17.2 Å². The van der Waals surface area contributed by atoms with Gasteiger partial charge in [0.2, 0.25) is 5.91 Å². The van der Waals surface area contributed by atoms with E-state index >= 15 is 0 Å². The highest BCUT2D eigenvalue weighted by molar-refractivity contribution is 5.93. The minimum absolute atomic E-state index is 0.00797. The molecule has 0 unspecified atom stereocenters. The van der Waals surface area contributed by atoms with E-state index in [1.807, 2.05) is 6.07 Å². The molecule has 1 fully saturated rings. The number of halogens is 1. The van der Waals surface area contributed by atoms with Gasteiger partial charge in [-0.2, -0.15) is 10.4 Å². The van der Waals surface area contributed by atoms with E-state index in [1.54, 1.807) is 28.9 Å². The number of carbonyl (C=O) groups is 1. The van der Waals surface area contributed by atoms with Gasteiger partial charge in [-0.1, -0.05) is 0 Å². The normalized spacial score (nSPS) is 13.7. The predicted molar refractivity (Wildman–Crippen MR) is 86.7 cm³/mol. The Labute approximate surface area is 137 Å². The van der Waals surface area contributed by atoms with E-state index in [-0.39, 0.29) is 17.6 Å². The smallest absolute Gasteiger partial charge is 0.228 e. The number of rotatable bonds is 3. The van der Waals surface area contributed by atoms with E-state index < -0.39 is 0 Å². The van der Waals surface area contributed by atoms with Crippen LogP contribution in [0.25, 0.3) is 16.6 Å².